The summed E-state index contributed by atoms with van der Waals surface area (Å²) in [5, 5.41) is 6.25. The molecule has 0 spiro atoms. The summed E-state index contributed by atoms with van der Waals surface area (Å²) in [7, 11) is 0. The van der Waals surface area contributed by atoms with Crippen LogP contribution in [0.1, 0.15) is 59.3 Å². The molecular formula is C15H29CuLiNSn. The Morgan fingerprint density at radius 3 is 1.32 bits per heavy atom. The largest absolute Gasteiger partial charge is 1.00 e. The molecule has 1 nitrogen and oxygen atoms in total. The van der Waals surface area contributed by atoms with Gasteiger partial charge in [0.2, 0.25) is 0 Å². The van der Waals surface area contributed by atoms with Crippen LogP contribution in [0.25, 0.3) is 0 Å². The van der Waals surface area contributed by atoms with Crippen LogP contribution in [0.4, 0.5) is 0 Å². The summed E-state index contributed by atoms with van der Waals surface area (Å²) in [6.07, 6.45) is 8.26. The van der Waals surface area contributed by atoms with Gasteiger partial charge in [0, 0.05) is 0 Å². The Labute approximate surface area is 148 Å². The first-order chi connectivity index (χ1) is 8.24. The summed E-state index contributed by atoms with van der Waals surface area (Å²) < 4.78 is 6.72. The van der Waals surface area contributed by atoms with E-state index in [9.17, 15) is 0 Å². The van der Waals surface area contributed by atoms with Crippen LogP contribution in [0.5, 0.6) is 0 Å². The van der Waals surface area contributed by atoms with Crippen molar-refractivity contribution >= 4 is 18.4 Å². The second-order valence-electron chi connectivity index (χ2n) is 4.84. The van der Waals surface area contributed by atoms with E-state index in [1.54, 1.807) is 0 Å². The minimum atomic E-state index is -1.96. The van der Waals surface area contributed by atoms with Crippen LogP contribution in [-0.2, 0) is 17.1 Å². The Morgan fingerprint density at radius 2 is 1.16 bits per heavy atom. The molecule has 0 aromatic heterocycles. The van der Waals surface area contributed by atoms with Crippen LogP contribution in [0, 0.1) is 18.4 Å². The minimum Gasteiger partial charge on any atom is 1.00 e. The van der Waals surface area contributed by atoms with Gasteiger partial charge in [0.15, 0.2) is 0 Å². The van der Waals surface area contributed by atoms with E-state index in [1.165, 1.54) is 51.8 Å². The van der Waals surface area contributed by atoms with Crippen molar-refractivity contribution in [3.63, 3.8) is 0 Å². The molecule has 0 amide bonds. The predicted octanol–water partition coefficient (Wildman–Crippen LogP) is 2.46. The van der Waals surface area contributed by atoms with Crippen LogP contribution in [0.15, 0.2) is 4.09 Å². The van der Waals surface area contributed by atoms with E-state index in [0.29, 0.717) is 0 Å². The van der Waals surface area contributed by atoms with Crippen LogP contribution in [0.2, 0.25) is 13.3 Å². The molecule has 19 heavy (non-hydrogen) atoms. The molecule has 0 aliphatic heterocycles. The molecule has 0 rings (SSSR count). The third-order valence-corrected chi connectivity index (χ3v) is 17.0. The fourth-order valence-corrected chi connectivity index (χ4v) is 14.8. The van der Waals surface area contributed by atoms with Gasteiger partial charge in [0.05, 0.1) is 0 Å². The number of nitrogens with zero attached hydrogens (tertiary/aromatic N) is 1. The Kier molecular flexibility index (Phi) is 32.0. The Balaban J connectivity index is -0.000000267. The normalized spacial score (nSPS) is 9.32. The van der Waals surface area contributed by atoms with Gasteiger partial charge in [-0.25, -0.2) is 0 Å². The molecule has 0 fully saturated rings. The third-order valence-electron chi connectivity index (χ3n) is 3.44. The quantitative estimate of drug-likeness (QED) is 0.399. The zero-order chi connectivity index (χ0) is 13.6. The number of hydrogen-bond donors (Lipinski definition) is 0. The first kappa shape index (κ1) is 28.3. The van der Waals surface area contributed by atoms with E-state index in [1.807, 2.05) is 0 Å². The van der Waals surface area contributed by atoms with Crippen LogP contribution in [-0.4, -0.2) is 18.4 Å². The second kappa shape index (κ2) is 21.4. The van der Waals surface area contributed by atoms with E-state index >= 15 is 0 Å². The number of unbranched alkanes of at least 4 members (excludes halogenated alkanes) is 3. The molecule has 110 valence electrons. The Hall–Kier alpha value is 1.15. The SMILES string of the molecule is [C-]#N.[CH-]=[CH][Sn]([CH2]CCC)([CH2]CCC)[CH2]CCC.[Cu+].[Li+]. The van der Waals surface area contributed by atoms with Gasteiger partial charge in [-0.3, -0.25) is 0 Å². The number of rotatable bonds is 10. The van der Waals surface area contributed by atoms with Crippen molar-refractivity contribution in [1.29, 1.82) is 5.26 Å². The molecule has 0 aromatic rings. The zero-order valence-corrected chi connectivity index (χ0v) is 17.1. The molecule has 0 radical (unpaired) electrons. The van der Waals surface area contributed by atoms with Crippen LogP contribution >= 0.6 is 0 Å². The van der Waals surface area contributed by atoms with Crippen molar-refractivity contribution in [2.24, 2.45) is 0 Å². The van der Waals surface area contributed by atoms with E-state index in [-0.39, 0.29) is 35.9 Å². The van der Waals surface area contributed by atoms with Crippen molar-refractivity contribution in [3.8, 4) is 0 Å². The maximum atomic E-state index is 6.25. The topological polar surface area (TPSA) is 23.8 Å². The molecule has 0 saturated heterocycles. The maximum absolute atomic E-state index is 6.25. The van der Waals surface area contributed by atoms with Crippen molar-refractivity contribution < 1.29 is 35.9 Å². The van der Waals surface area contributed by atoms with Gasteiger partial charge in [0.25, 0.3) is 0 Å². The van der Waals surface area contributed by atoms with Gasteiger partial charge in [-0.2, -0.15) is 0 Å². The summed E-state index contributed by atoms with van der Waals surface area (Å²) in [5.41, 5.74) is 0. The van der Waals surface area contributed by atoms with E-state index < -0.39 is 18.4 Å². The van der Waals surface area contributed by atoms with Crippen molar-refractivity contribution in [2.75, 3.05) is 0 Å². The molecule has 0 aliphatic rings. The Bertz CT molecular complexity index is 176. The van der Waals surface area contributed by atoms with Gasteiger partial charge in [-0.15, -0.1) is 0 Å². The fourth-order valence-electron chi connectivity index (χ4n) is 2.21. The molecule has 0 N–H and O–H groups in total. The predicted molar refractivity (Wildman–Crippen MR) is 78.7 cm³/mol. The van der Waals surface area contributed by atoms with Gasteiger partial charge < -0.3 is 11.8 Å². The maximum Gasteiger partial charge on any atom is 1.00 e. The van der Waals surface area contributed by atoms with Gasteiger partial charge in [-0.05, 0) is 0 Å². The van der Waals surface area contributed by atoms with E-state index in [2.05, 4.69) is 24.9 Å². The van der Waals surface area contributed by atoms with E-state index in [0.717, 1.165) is 0 Å². The summed E-state index contributed by atoms with van der Waals surface area (Å²) in [6.45, 7) is 17.6. The summed E-state index contributed by atoms with van der Waals surface area (Å²) in [4.78, 5) is 0. The molecule has 0 atom stereocenters. The smallest absolute Gasteiger partial charge is 1.00 e. The molecule has 0 heterocycles. The fraction of sp³-hybridized carbons (Fsp3) is 0.800. The summed E-state index contributed by atoms with van der Waals surface area (Å²) >= 11 is -1.96. The zero-order valence-electron chi connectivity index (χ0n) is 13.3. The van der Waals surface area contributed by atoms with Crippen molar-refractivity contribution in [1.82, 2.24) is 0 Å². The molecular weight excluding hydrogens is 383 g/mol. The third kappa shape index (κ3) is 15.4. The minimum absolute atomic E-state index is 0. The van der Waals surface area contributed by atoms with Gasteiger partial charge in [0.1, 0.15) is 0 Å². The molecule has 0 unspecified atom stereocenters. The average molecular weight is 413 g/mol. The second-order valence-corrected chi connectivity index (χ2v) is 17.8. The van der Waals surface area contributed by atoms with Crippen LogP contribution in [0.3, 0.4) is 0 Å². The molecule has 0 aliphatic carbocycles. The van der Waals surface area contributed by atoms with Gasteiger partial charge in [-0.1, -0.05) is 0 Å². The monoisotopic (exact) mass is 413 g/mol. The first-order valence-corrected chi connectivity index (χ1v) is 14.7. The number of hydrogen-bond acceptors (Lipinski definition) is 1. The summed E-state index contributed by atoms with van der Waals surface area (Å²) in [6, 6.07) is 0. The van der Waals surface area contributed by atoms with Crippen molar-refractivity contribution in [3.05, 3.63) is 17.2 Å². The summed E-state index contributed by atoms with van der Waals surface area (Å²) in [5.74, 6) is 0. The standard InChI is InChI=1S/3C4H9.C2H2.CN.Cu.Li.Sn/c3*1-3-4-2;2*1-2;;;/h3*1,3-4H2,2H3;1-2H;;;;/q;;;2*-1;2*+1;. The van der Waals surface area contributed by atoms with Crippen LogP contribution < -0.4 is 18.9 Å². The molecule has 0 bridgehead atoms. The average Bonchev–Trinajstić information content (AvgIpc) is 2.41. The Morgan fingerprint density at radius 1 is 0.895 bits per heavy atom. The first-order valence-electron chi connectivity index (χ1n) is 7.03. The molecule has 0 aromatic carbocycles. The van der Waals surface area contributed by atoms with E-state index in [4.69, 9.17) is 18.4 Å². The molecule has 0 saturated carbocycles. The van der Waals surface area contributed by atoms with Crippen molar-refractivity contribution in [2.45, 2.75) is 72.6 Å². The van der Waals surface area contributed by atoms with Gasteiger partial charge >= 0.3 is 138 Å². The molecule has 4 heteroatoms.